The number of benzene rings is 1. The monoisotopic (exact) mass is 229 g/mol. The molecule has 0 unspecified atom stereocenters. The third kappa shape index (κ3) is 3.46. The lowest BCUT2D eigenvalue weighted by molar-refractivity contribution is -0.134. The molecule has 17 heavy (non-hydrogen) atoms. The fourth-order valence-electron chi connectivity index (χ4n) is 1.54. The molecule has 0 fully saturated rings. The quantitative estimate of drug-likeness (QED) is 0.591. The lowest BCUT2D eigenvalue weighted by Crippen LogP contribution is -2.01. The molecular formula is C14H15NO2. The number of carbonyl (C=O) groups excluding carboxylic acids is 1. The van der Waals surface area contributed by atoms with E-state index in [9.17, 15) is 4.79 Å². The highest BCUT2D eigenvalue weighted by molar-refractivity contribution is 5.91. The highest BCUT2D eigenvalue weighted by Crippen LogP contribution is 2.23. The molecule has 0 aliphatic rings. The Kier molecular flexibility index (Phi) is 4.47. The van der Waals surface area contributed by atoms with E-state index in [0.717, 1.165) is 11.1 Å². The van der Waals surface area contributed by atoms with Gasteiger partial charge in [-0.15, -0.1) is 0 Å². The largest absolute Gasteiger partial charge is 0.466 e. The first-order valence-corrected chi connectivity index (χ1v) is 5.38. The van der Waals surface area contributed by atoms with Gasteiger partial charge >= 0.3 is 5.97 Å². The Morgan fingerprint density at radius 2 is 2.18 bits per heavy atom. The summed E-state index contributed by atoms with van der Waals surface area (Å²) in [6.07, 6.45) is 1.47. The van der Waals surface area contributed by atoms with E-state index in [1.54, 1.807) is 18.2 Å². The molecule has 1 rings (SSSR count). The number of allylic oxidation sites excluding steroid dienone is 1. The molecule has 0 aromatic heterocycles. The molecule has 0 radical (unpaired) electrons. The van der Waals surface area contributed by atoms with Crippen LogP contribution >= 0.6 is 0 Å². The predicted molar refractivity (Wildman–Crippen MR) is 66.0 cm³/mol. The predicted octanol–water partition coefficient (Wildman–Crippen LogP) is 2.77. The minimum Gasteiger partial charge on any atom is -0.466 e. The molecule has 0 saturated carbocycles. The first-order valence-electron chi connectivity index (χ1n) is 5.38. The Hall–Kier alpha value is -2.08. The van der Waals surface area contributed by atoms with Crippen LogP contribution in [-0.4, -0.2) is 13.1 Å². The Balaban J connectivity index is 3.19. The summed E-state index contributed by atoms with van der Waals surface area (Å²) in [6.45, 7) is 3.99. The van der Waals surface area contributed by atoms with E-state index in [2.05, 4.69) is 10.8 Å². The molecule has 0 aliphatic carbocycles. The smallest absolute Gasteiger partial charge is 0.330 e. The van der Waals surface area contributed by atoms with Crippen LogP contribution in [0.3, 0.4) is 0 Å². The highest BCUT2D eigenvalue weighted by atomic mass is 16.5. The molecule has 0 saturated heterocycles. The van der Waals surface area contributed by atoms with Crippen molar-refractivity contribution in [3.05, 3.63) is 41.5 Å². The van der Waals surface area contributed by atoms with Crippen LogP contribution in [0.15, 0.2) is 30.3 Å². The van der Waals surface area contributed by atoms with Gasteiger partial charge in [-0.25, -0.2) is 4.79 Å². The maximum atomic E-state index is 11.3. The Morgan fingerprint density at radius 3 is 2.71 bits per heavy atom. The lowest BCUT2D eigenvalue weighted by atomic mass is 9.94. The Morgan fingerprint density at radius 1 is 1.47 bits per heavy atom. The van der Waals surface area contributed by atoms with Crippen molar-refractivity contribution in [3.8, 4) is 6.07 Å². The molecule has 88 valence electrons. The number of esters is 1. The number of hydrogen-bond acceptors (Lipinski definition) is 3. The van der Waals surface area contributed by atoms with Crippen LogP contribution in [0, 0.1) is 17.2 Å². The van der Waals surface area contributed by atoms with Gasteiger partial charge in [-0.2, -0.15) is 5.26 Å². The molecule has 0 bridgehead atoms. The molecule has 3 heteroatoms. The van der Waals surface area contributed by atoms with Crippen LogP contribution in [0.25, 0.3) is 5.57 Å². The van der Waals surface area contributed by atoms with Crippen molar-refractivity contribution < 1.29 is 9.53 Å². The van der Waals surface area contributed by atoms with E-state index in [0.29, 0.717) is 5.56 Å². The second kappa shape index (κ2) is 5.86. The van der Waals surface area contributed by atoms with Crippen LogP contribution in [0.5, 0.6) is 0 Å². The van der Waals surface area contributed by atoms with E-state index in [-0.39, 0.29) is 11.9 Å². The van der Waals surface area contributed by atoms with E-state index in [1.165, 1.54) is 13.2 Å². The van der Waals surface area contributed by atoms with Crippen molar-refractivity contribution in [2.24, 2.45) is 5.92 Å². The summed E-state index contributed by atoms with van der Waals surface area (Å²) in [5.74, 6) is -0.195. The molecule has 0 aliphatic heterocycles. The van der Waals surface area contributed by atoms with Gasteiger partial charge in [-0.1, -0.05) is 26.0 Å². The number of methoxy groups -OCH3 is 1. The summed E-state index contributed by atoms with van der Waals surface area (Å²) in [7, 11) is 1.35. The average Bonchev–Trinajstić information content (AvgIpc) is 2.35. The second-order valence-electron chi connectivity index (χ2n) is 3.97. The first kappa shape index (κ1) is 13.0. The number of nitriles is 1. The summed E-state index contributed by atoms with van der Waals surface area (Å²) in [5.41, 5.74) is 2.33. The number of ether oxygens (including phenoxy) is 1. The maximum absolute atomic E-state index is 11.3. The third-order valence-corrected chi connectivity index (χ3v) is 2.42. The molecule has 0 atom stereocenters. The van der Waals surface area contributed by atoms with Crippen LogP contribution in [0.4, 0.5) is 0 Å². The van der Waals surface area contributed by atoms with Gasteiger partial charge < -0.3 is 4.74 Å². The van der Waals surface area contributed by atoms with Crippen molar-refractivity contribution in [2.75, 3.05) is 7.11 Å². The van der Waals surface area contributed by atoms with E-state index < -0.39 is 0 Å². The van der Waals surface area contributed by atoms with E-state index >= 15 is 0 Å². The van der Waals surface area contributed by atoms with Gasteiger partial charge in [0.1, 0.15) is 0 Å². The molecule has 0 N–H and O–H groups in total. The van der Waals surface area contributed by atoms with Crippen molar-refractivity contribution in [1.82, 2.24) is 0 Å². The molecular weight excluding hydrogens is 214 g/mol. The minimum absolute atomic E-state index is 0.183. The van der Waals surface area contributed by atoms with Gasteiger partial charge in [0, 0.05) is 6.08 Å². The zero-order valence-electron chi connectivity index (χ0n) is 10.2. The van der Waals surface area contributed by atoms with Crippen LogP contribution in [-0.2, 0) is 9.53 Å². The summed E-state index contributed by atoms with van der Waals surface area (Å²) < 4.78 is 4.63. The summed E-state index contributed by atoms with van der Waals surface area (Å²) in [6, 6.07) is 9.28. The summed E-state index contributed by atoms with van der Waals surface area (Å²) in [4.78, 5) is 11.3. The maximum Gasteiger partial charge on any atom is 0.330 e. The molecule has 0 spiro atoms. The number of hydrogen-bond donors (Lipinski definition) is 0. The standard InChI is InChI=1S/C14H15NO2/c1-10(2)13(8-14(16)17-3)12-6-4-5-11(7-12)9-15/h4-8,10H,1-3H3/b13-8+. The van der Waals surface area contributed by atoms with Crippen LogP contribution in [0.2, 0.25) is 0 Å². The number of nitrogens with zero attached hydrogens (tertiary/aromatic N) is 1. The van der Waals surface area contributed by atoms with Crippen molar-refractivity contribution in [2.45, 2.75) is 13.8 Å². The van der Waals surface area contributed by atoms with Crippen molar-refractivity contribution >= 4 is 11.5 Å². The van der Waals surface area contributed by atoms with Gasteiger partial charge in [-0.3, -0.25) is 0 Å². The number of rotatable bonds is 3. The average molecular weight is 229 g/mol. The van der Waals surface area contributed by atoms with Crippen molar-refractivity contribution in [3.63, 3.8) is 0 Å². The second-order valence-corrected chi connectivity index (χ2v) is 3.97. The summed E-state index contributed by atoms with van der Waals surface area (Å²) >= 11 is 0. The SMILES string of the molecule is COC(=O)/C=C(/c1cccc(C#N)c1)C(C)C. The van der Waals surface area contributed by atoms with Crippen LogP contribution < -0.4 is 0 Å². The fraction of sp³-hybridized carbons (Fsp3) is 0.286. The third-order valence-electron chi connectivity index (χ3n) is 2.42. The van der Waals surface area contributed by atoms with Crippen molar-refractivity contribution in [1.29, 1.82) is 5.26 Å². The Bertz CT molecular complexity index is 481. The number of carbonyl (C=O) groups is 1. The highest BCUT2D eigenvalue weighted by Gasteiger charge is 2.09. The lowest BCUT2D eigenvalue weighted by Gasteiger charge is -2.11. The Labute approximate surface area is 101 Å². The zero-order valence-corrected chi connectivity index (χ0v) is 10.2. The van der Waals surface area contributed by atoms with Gasteiger partial charge in [0.2, 0.25) is 0 Å². The van der Waals surface area contributed by atoms with Gasteiger partial charge in [0.25, 0.3) is 0 Å². The summed E-state index contributed by atoms with van der Waals surface area (Å²) in [5, 5.41) is 8.85. The van der Waals surface area contributed by atoms with Gasteiger partial charge in [0.05, 0.1) is 18.7 Å². The molecule has 1 aromatic rings. The van der Waals surface area contributed by atoms with Crippen LogP contribution in [0.1, 0.15) is 25.0 Å². The molecule has 0 amide bonds. The topological polar surface area (TPSA) is 50.1 Å². The molecule has 3 nitrogen and oxygen atoms in total. The van der Waals surface area contributed by atoms with Gasteiger partial charge in [0.15, 0.2) is 0 Å². The minimum atomic E-state index is -0.379. The zero-order chi connectivity index (χ0) is 12.8. The first-order chi connectivity index (χ1) is 8.08. The fourth-order valence-corrected chi connectivity index (χ4v) is 1.54. The van der Waals surface area contributed by atoms with E-state index in [1.807, 2.05) is 19.9 Å². The van der Waals surface area contributed by atoms with Gasteiger partial charge in [-0.05, 0) is 29.2 Å². The molecule has 1 aromatic carbocycles. The normalized spacial score (nSPS) is 11.1. The molecule has 0 heterocycles. The van der Waals surface area contributed by atoms with E-state index in [4.69, 9.17) is 5.26 Å².